The lowest BCUT2D eigenvalue weighted by atomic mass is 9.90. The van der Waals surface area contributed by atoms with Crippen LogP contribution in [0.15, 0.2) is 24.3 Å². The predicted molar refractivity (Wildman–Crippen MR) is 53.9 cm³/mol. The molecular formula is C12H10O. The van der Waals surface area contributed by atoms with Crippen LogP contribution < -0.4 is 0 Å². The zero-order chi connectivity index (χ0) is 9.26. The van der Waals surface area contributed by atoms with Crippen LogP contribution in [0.2, 0.25) is 0 Å². The van der Waals surface area contributed by atoms with Gasteiger partial charge < -0.3 is 0 Å². The summed E-state index contributed by atoms with van der Waals surface area (Å²) in [7, 11) is 0. The van der Waals surface area contributed by atoms with Crippen LogP contribution in [0.25, 0.3) is 11.6 Å². The highest BCUT2D eigenvalue weighted by molar-refractivity contribution is 5.94. The summed E-state index contributed by atoms with van der Waals surface area (Å²) in [5.41, 5.74) is 4.13. The van der Waals surface area contributed by atoms with Crippen molar-refractivity contribution in [2.45, 2.75) is 13.3 Å². The second kappa shape index (κ2) is 3.04. The predicted octanol–water partition coefficient (Wildman–Crippen LogP) is 2.63. The van der Waals surface area contributed by atoms with E-state index in [0.717, 1.165) is 22.3 Å². The number of carbonyl (C=O) groups excluding carboxylic acids is 1. The van der Waals surface area contributed by atoms with Crippen molar-refractivity contribution < 1.29 is 4.79 Å². The first-order chi connectivity index (χ1) is 6.33. The van der Waals surface area contributed by atoms with Crippen LogP contribution in [-0.4, -0.2) is 5.94 Å². The van der Waals surface area contributed by atoms with E-state index in [1.807, 2.05) is 37.1 Å². The monoisotopic (exact) mass is 170 g/mol. The Morgan fingerprint density at radius 3 is 3.00 bits per heavy atom. The van der Waals surface area contributed by atoms with E-state index in [4.69, 9.17) is 0 Å². The molecule has 1 aromatic carbocycles. The van der Waals surface area contributed by atoms with Crippen LogP contribution in [0.3, 0.4) is 0 Å². The smallest absolute Gasteiger partial charge is 0.128 e. The highest BCUT2D eigenvalue weighted by Gasteiger charge is 2.12. The Kier molecular flexibility index (Phi) is 1.88. The van der Waals surface area contributed by atoms with Crippen LogP contribution in [0, 0.1) is 6.92 Å². The molecule has 64 valence electrons. The van der Waals surface area contributed by atoms with Gasteiger partial charge in [0.25, 0.3) is 0 Å². The minimum absolute atomic E-state index is 0.710. The molecule has 2 rings (SSSR count). The van der Waals surface area contributed by atoms with Crippen molar-refractivity contribution in [3.05, 3.63) is 41.0 Å². The average Bonchev–Trinajstić information content (AvgIpc) is 2.17. The van der Waals surface area contributed by atoms with Crippen molar-refractivity contribution in [3.63, 3.8) is 0 Å². The number of fused-ring (bicyclic) bond motifs is 1. The molecule has 0 atom stereocenters. The zero-order valence-electron chi connectivity index (χ0n) is 7.50. The Hall–Kier alpha value is -1.59. The van der Waals surface area contributed by atoms with Gasteiger partial charge >= 0.3 is 0 Å². The minimum Gasteiger partial charge on any atom is -0.233 e. The van der Waals surface area contributed by atoms with Gasteiger partial charge in [0, 0.05) is 12.0 Å². The molecule has 0 fully saturated rings. The third kappa shape index (κ3) is 1.24. The van der Waals surface area contributed by atoms with Gasteiger partial charge in [-0.1, -0.05) is 30.4 Å². The van der Waals surface area contributed by atoms with E-state index in [9.17, 15) is 4.79 Å². The van der Waals surface area contributed by atoms with Gasteiger partial charge in [0.05, 0.1) is 0 Å². The summed E-state index contributed by atoms with van der Waals surface area (Å²) in [5.74, 6) is 2.02. The first-order valence-electron chi connectivity index (χ1n) is 4.33. The molecule has 1 heteroatoms. The number of hydrogen-bond donors (Lipinski definition) is 0. The van der Waals surface area contributed by atoms with Crippen LogP contribution in [-0.2, 0) is 4.79 Å². The Morgan fingerprint density at radius 1 is 1.38 bits per heavy atom. The molecule has 0 unspecified atom stereocenters. The average molecular weight is 170 g/mol. The molecule has 0 saturated carbocycles. The summed E-state index contributed by atoms with van der Waals surface area (Å²) in [6.45, 7) is 2.02. The SMILES string of the molecule is Cc1cccc2c1C(=C=O)CC=C2. The largest absolute Gasteiger partial charge is 0.233 e. The quantitative estimate of drug-likeness (QED) is 0.547. The Morgan fingerprint density at radius 2 is 2.23 bits per heavy atom. The number of aryl methyl sites for hydroxylation is 1. The number of allylic oxidation sites excluding steroid dienone is 2. The van der Waals surface area contributed by atoms with Gasteiger partial charge in [0.2, 0.25) is 0 Å². The van der Waals surface area contributed by atoms with Gasteiger partial charge in [0.1, 0.15) is 5.94 Å². The number of rotatable bonds is 0. The summed E-state index contributed by atoms with van der Waals surface area (Å²) >= 11 is 0. The first kappa shape index (κ1) is 8.03. The molecular weight excluding hydrogens is 160 g/mol. The molecule has 0 bridgehead atoms. The van der Waals surface area contributed by atoms with Crippen molar-refractivity contribution >= 4 is 17.6 Å². The zero-order valence-corrected chi connectivity index (χ0v) is 7.50. The fraction of sp³-hybridized carbons (Fsp3) is 0.167. The maximum atomic E-state index is 10.7. The molecule has 0 N–H and O–H groups in total. The summed E-state index contributed by atoms with van der Waals surface area (Å²) in [6.07, 6.45) is 4.77. The van der Waals surface area contributed by atoms with E-state index in [0.29, 0.717) is 6.42 Å². The number of benzene rings is 1. The molecule has 1 aromatic rings. The van der Waals surface area contributed by atoms with E-state index in [2.05, 4.69) is 6.08 Å². The third-order valence-corrected chi connectivity index (χ3v) is 2.35. The highest BCUT2D eigenvalue weighted by atomic mass is 16.1. The summed E-state index contributed by atoms with van der Waals surface area (Å²) < 4.78 is 0. The van der Waals surface area contributed by atoms with Crippen molar-refractivity contribution in [2.24, 2.45) is 0 Å². The Balaban J connectivity index is 2.75. The fourth-order valence-corrected chi connectivity index (χ4v) is 1.74. The summed E-state index contributed by atoms with van der Waals surface area (Å²) in [4.78, 5) is 10.7. The lowest BCUT2D eigenvalue weighted by Crippen LogP contribution is -1.96. The van der Waals surface area contributed by atoms with Gasteiger partial charge in [-0.3, -0.25) is 0 Å². The van der Waals surface area contributed by atoms with Gasteiger partial charge in [-0.25, -0.2) is 4.79 Å². The van der Waals surface area contributed by atoms with Crippen molar-refractivity contribution in [2.75, 3.05) is 0 Å². The van der Waals surface area contributed by atoms with Gasteiger partial charge in [-0.2, -0.15) is 0 Å². The van der Waals surface area contributed by atoms with E-state index < -0.39 is 0 Å². The van der Waals surface area contributed by atoms with Crippen LogP contribution in [0.5, 0.6) is 0 Å². The van der Waals surface area contributed by atoms with Gasteiger partial charge in [0.15, 0.2) is 0 Å². The molecule has 0 heterocycles. The van der Waals surface area contributed by atoms with Gasteiger partial charge in [-0.15, -0.1) is 0 Å². The molecule has 0 saturated heterocycles. The van der Waals surface area contributed by atoms with Crippen LogP contribution >= 0.6 is 0 Å². The van der Waals surface area contributed by atoms with Crippen molar-refractivity contribution in [1.82, 2.24) is 0 Å². The third-order valence-electron chi connectivity index (χ3n) is 2.35. The van der Waals surface area contributed by atoms with Crippen molar-refractivity contribution in [1.29, 1.82) is 0 Å². The summed E-state index contributed by atoms with van der Waals surface area (Å²) in [6, 6.07) is 6.05. The molecule has 1 aliphatic rings. The van der Waals surface area contributed by atoms with E-state index >= 15 is 0 Å². The topological polar surface area (TPSA) is 17.1 Å². The molecule has 1 aliphatic carbocycles. The second-order valence-electron chi connectivity index (χ2n) is 3.23. The lowest BCUT2D eigenvalue weighted by molar-refractivity contribution is 0.569. The van der Waals surface area contributed by atoms with Crippen LogP contribution in [0.1, 0.15) is 23.1 Å². The van der Waals surface area contributed by atoms with E-state index in [1.54, 1.807) is 0 Å². The maximum Gasteiger partial charge on any atom is 0.128 e. The second-order valence-corrected chi connectivity index (χ2v) is 3.23. The molecule has 1 nitrogen and oxygen atoms in total. The highest BCUT2D eigenvalue weighted by Crippen LogP contribution is 2.29. The van der Waals surface area contributed by atoms with E-state index in [1.165, 1.54) is 0 Å². The molecule has 0 spiro atoms. The first-order valence-corrected chi connectivity index (χ1v) is 4.33. The summed E-state index contributed by atoms with van der Waals surface area (Å²) in [5, 5.41) is 0. The fourth-order valence-electron chi connectivity index (χ4n) is 1.74. The standard InChI is InChI=1S/C12H10O/c1-9-4-2-5-10-6-3-7-11(8-13)12(9)10/h2-6H,7H2,1H3. The number of hydrogen-bond acceptors (Lipinski definition) is 1. The Labute approximate surface area is 77.4 Å². The van der Waals surface area contributed by atoms with E-state index in [-0.39, 0.29) is 0 Å². The molecule has 0 aromatic heterocycles. The lowest BCUT2D eigenvalue weighted by Gasteiger charge is -2.13. The van der Waals surface area contributed by atoms with Gasteiger partial charge in [-0.05, 0) is 23.6 Å². The molecule has 0 amide bonds. The molecule has 13 heavy (non-hydrogen) atoms. The minimum atomic E-state index is 0.710. The maximum absolute atomic E-state index is 10.7. The molecule has 0 aliphatic heterocycles. The normalized spacial score (nSPS) is 13.8. The van der Waals surface area contributed by atoms with Crippen molar-refractivity contribution in [3.8, 4) is 0 Å². The molecule has 0 radical (unpaired) electrons. The Bertz CT molecular complexity index is 421. The van der Waals surface area contributed by atoms with Crippen LogP contribution in [0.4, 0.5) is 0 Å².